The van der Waals surface area contributed by atoms with E-state index in [0.717, 1.165) is 43.9 Å². The number of hydrogen-bond donors (Lipinski definition) is 1. The number of nitrogens with one attached hydrogen (secondary N) is 1. The maximum absolute atomic E-state index is 12.9. The van der Waals surface area contributed by atoms with Crippen LogP contribution in [0, 0.1) is 12.8 Å². The summed E-state index contributed by atoms with van der Waals surface area (Å²) < 4.78 is 7.20. The fourth-order valence-electron chi connectivity index (χ4n) is 4.78. The quantitative estimate of drug-likeness (QED) is 0.663. The van der Waals surface area contributed by atoms with Gasteiger partial charge in [0, 0.05) is 30.4 Å². The van der Waals surface area contributed by atoms with Crippen LogP contribution in [-0.2, 0) is 6.42 Å². The lowest BCUT2D eigenvalue weighted by Gasteiger charge is -2.37. The first-order valence-electron chi connectivity index (χ1n) is 11.5. The summed E-state index contributed by atoms with van der Waals surface area (Å²) in [6.45, 7) is 3.67. The lowest BCUT2D eigenvalue weighted by atomic mass is 9.90. The first-order chi connectivity index (χ1) is 16.1. The van der Waals surface area contributed by atoms with E-state index >= 15 is 0 Å². The van der Waals surface area contributed by atoms with Crippen molar-refractivity contribution in [3.63, 3.8) is 0 Å². The van der Waals surface area contributed by atoms with E-state index in [1.807, 2.05) is 31.2 Å². The predicted molar refractivity (Wildman–Crippen MR) is 130 cm³/mol. The van der Waals surface area contributed by atoms with E-state index < -0.39 is 6.17 Å². The van der Waals surface area contributed by atoms with E-state index in [0.29, 0.717) is 23.3 Å². The zero-order valence-electron chi connectivity index (χ0n) is 19.1. The molecule has 1 fully saturated rings. The van der Waals surface area contributed by atoms with E-state index in [-0.39, 0.29) is 5.56 Å². The van der Waals surface area contributed by atoms with Gasteiger partial charge in [-0.15, -0.1) is 0 Å². The molecular weight excluding hydrogens is 414 g/mol. The van der Waals surface area contributed by atoms with Crippen molar-refractivity contribution >= 4 is 11.9 Å². The van der Waals surface area contributed by atoms with Gasteiger partial charge < -0.3 is 9.64 Å². The number of guanidine groups is 1. The minimum atomic E-state index is -0.532. The molecule has 0 amide bonds. The van der Waals surface area contributed by atoms with Crippen molar-refractivity contribution in [1.29, 1.82) is 0 Å². The van der Waals surface area contributed by atoms with Crippen LogP contribution in [0.4, 0.5) is 5.95 Å². The zero-order valence-corrected chi connectivity index (χ0v) is 19.1. The summed E-state index contributed by atoms with van der Waals surface area (Å²) in [6, 6.07) is 20.0. The van der Waals surface area contributed by atoms with Crippen LogP contribution in [0.3, 0.4) is 0 Å². The van der Waals surface area contributed by atoms with E-state index in [2.05, 4.69) is 45.5 Å². The summed E-state index contributed by atoms with van der Waals surface area (Å²) in [6.07, 6.45) is 2.78. The van der Waals surface area contributed by atoms with Crippen LogP contribution in [0.1, 0.15) is 35.8 Å². The normalized spacial score (nSPS) is 18.3. The van der Waals surface area contributed by atoms with Crippen molar-refractivity contribution in [2.75, 3.05) is 25.5 Å². The number of anilines is 1. The Kier molecular flexibility index (Phi) is 5.86. The molecular formula is C26H29N5O2. The molecule has 1 N–H and O–H groups in total. The Balaban J connectivity index is 1.42. The Morgan fingerprint density at radius 3 is 2.55 bits per heavy atom. The van der Waals surface area contributed by atoms with E-state index in [1.165, 1.54) is 5.56 Å². The molecule has 0 aliphatic carbocycles. The molecule has 33 heavy (non-hydrogen) atoms. The standard InChI is InChI=1S/C26H29N5O2/c1-18-16-23(32)31-24(21-10-6-7-11-22(21)33-2)28-25(29-26(31)27-18)30-14-12-20(13-15-30)17-19-8-4-3-5-9-19/h3-11,16,20,24H,12-15,17H2,1-2H3,(H,27,28,29). The topological polar surface area (TPSA) is 71.8 Å². The number of aryl methyl sites for hydroxylation is 1. The SMILES string of the molecule is COc1ccccc1C1N=C(N2CCC(Cc3ccccc3)CC2)Nc2nc(C)cc(=O)n21. The van der Waals surface area contributed by atoms with Gasteiger partial charge in [-0.2, -0.15) is 0 Å². The van der Waals surface area contributed by atoms with Crippen molar-refractivity contribution in [3.8, 4) is 5.75 Å². The third-order valence-corrected chi connectivity index (χ3v) is 6.49. The maximum Gasteiger partial charge on any atom is 0.257 e. The average Bonchev–Trinajstić information content (AvgIpc) is 2.84. The number of fused-ring (bicyclic) bond motifs is 1. The van der Waals surface area contributed by atoms with Crippen LogP contribution in [0.25, 0.3) is 0 Å². The lowest BCUT2D eigenvalue weighted by molar-refractivity contribution is 0.262. The molecule has 1 saturated heterocycles. The van der Waals surface area contributed by atoms with E-state index in [9.17, 15) is 4.79 Å². The molecule has 0 bridgehead atoms. The Labute approximate surface area is 193 Å². The van der Waals surface area contributed by atoms with Crippen LogP contribution in [0.15, 0.2) is 70.5 Å². The second-order valence-electron chi connectivity index (χ2n) is 8.74. The Morgan fingerprint density at radius 1 is 1.06 bits per heavy atom. The highest BCUT2D eigenvalue weighted by Gasteiger charge is 2.30. The molecule has 0 radical (unpaired) electrons. The molecule has 170 valence electrons. The molecule has 1 unspecified atom stereocenters. The fourth-order valence-corrected chi connectivity index (χ4v) is 4.78. The average molecular weight is 444 g/mol. The minimum absolute atomic E-state index is 0.134. The summed E-state index contributed by atoms with van der Waals surface area (Å²) in [5, 5.41) is 3.34. The Hall–Kier alpha value is -3.61. The van der Waals surface area contributed by atoms with Gasteiger partial charge in [-0.05, 0) is 43.7 Å². The van der Waals surface area contributed by atoms with Gasteiger partial charge in [0.2, 0.25) is 11.9 Å². The highest BCUT2D eigenvalue weighted by molar-refractivity contribution is 5.93. The number of hydrogen-bond acceptors (Lipinski definition) is 6. The third kappa shape index (κ3) is 4.35. The highest BCUT2D eigenvalue weighted by atomic mass is 16.5. The van der Waals surface area contributed by atoms with Gasteiger partial charge in [-0.3, -0.25) is 14.7 Å². The number of piperidine rings is 1. The summed E-state index contributed by atoms with van der Waals surface area (Å²) >= 11 is 0. The molecule has 1 atom stereocenters. The number of likely N-dealkylation sites (tertiary alicyclic amines) is 1. The van der Waals surface area contributed by atoms with Crippen molar-refractivity contribution in [2.24, 2.45) is 10.9 Å². The summed E-state index contributed by atoms with van der Waals surface area (Å²) in [5.74, 6) is 2.65. The second kappa shape index (κ2) is 9.10. The van der Waals surface area contributed by atoms with Crippen molar-refractivity contribution < 1.29 is 4.74 Å². The van der Waals surface area contributed by atoms with Crippen LogP contribution in [0.2, 0.25) is 0 Å². The fraction of sp³-hybridized carbons (Fsp3) is 0.346. The Bertz CT molecular complexity index is 1210. The van der Waals surface area contributed by atoms with Crippen LogP contribution < -0.4 is 15.6 Å². The van der Waals surface area contributed by atoms with Crippen LogP contribution in [0.5, 0.6) is 5.75 Å². The number of rotatable bonds is 4. The first kappa shape index (κ1) is 21.2. The van der Waals surface area contributed by atoms with Gasteiger partial charge >= 0.3 is 0 Å². The van der Waals surface area contributed by atoms with Crippen molar-refractivity contribution in [1.82, 2.24) is 14.5 Å². The maximum atomic E-state index is 12.9. The van der Waals surface area contributed by atoms with E-state index in [4.69, 9.17) is 9.73 Å². The number of nitrogens with zero attached hydrogens (tertiary/aromatic N) is 4. The predicted octanol–water partition coefficient (Wildman–Crippen LogP) is 3.84. The molecule has 7 heteroatoms. The third-order valence-electron chi connectivity index (χ3n) is 6.49. The second-order valence-corrected chi connectivity index (χ2v) is 8.74. The molecule has 0 saturated carbocycles. The molecule has 0 spiro atoms. The summed E-state index contributed by atoms with van der Waals surface area (Å²) in [4.78, 5) is 24.8. The molecule has 7 nitrogen and oxygen atoms in total. The van der Waals surface area contributed by atoms with Gasteiger partial charge in [-0.1, -0.05) is 48.5 Å². The number of aliphatic imine (C=N–C) groups is 1. The molecule has 2 aliphatic rings. The zero-order chi connectivity index (χ0) is 22.8. The molecule has 3 heterocycles. The minimum Gasteiger partial charge on any atom is -0.496 e. The van der Waals surface area contributed by atoms with Crippen molar-refractivity contribution in [2.45, 2.75) is 32.4 Å². The smallest absolute Gasteiger partial charge is 0.257 e. The number of aromatic nitrogens is 2. The summed E-state index contributed by atoms with van der Waals surface area (Å²) in [5.41, 5.74) is 2.78. The van der Waals surface area contributed by atoms with Gasteiger partial charge in [0.05, 0.1) is 7.11 Å². The molecule has 5 rings (SSSR count). The number of para-hydroxylation sites is 1. The molecule has 1 aromatic heterocycles. The monoisotopic (exact) mass is 443 g/mol. The van der Waals surface area contributed by atoms with Gasteiger partial charge in [-0.25, -0.2) is 9.98 Å². The van der Waals surface area contributed by atoms with E-state index in [1.54, 1.807) is 17.7 Å². The van der Waals surface area contributed by atoms with Crippen LogP contribution >= 0.6 is 0 Å². The van der Waals surface area contributed by atoms with Gasteiger partial charge in [0.15, 0.2) is 6.17 Å². The lowest BCUT2D eigenvalue weighted by Crippen LogP contribution is -2.46. The van der Waals surface area contributed by atoms with Gasteiger partial charge in [0.1, 0.15) is 5.75 Å². The van der Waals surface area contributed by atoms with Crippen molar-refractivity contribution in [3.05, 3.63) is 87.8 Å². The van der Waals surface area contributed by atoms with Crippen LogP contribution in [-0.4, -0.2) is 40.6 Å². The largest absolute Gasteiger partial charge is 0.496 e. The molecule has 2 aliphatic heterocycles. The van der Waals surface area contributed by atoms with Gasteiger partial charge in [0.25, 0.3) is 5.56 Å². The summed E-state index contributed by atoms with van der Waals surface area (Å²) in [7, 11) is 1.64. The number of methoxy groups -OCH3 is 1. The highest BCUT2D eigenvalue weighted by Crippen LogP contribution is 2.33. The molecule has 2 aromatic carbocycles. The first-order valence-corrected chi connectivity index (χ1v) is 11.5. The number of benzene rings is 2. The molecule has 3 aromatic rings. The number of ether oxygens (including phenoxy) is 1. The Morgan fingerprint density at radius 2 is 1.79 bits per heavy atom.